The molecule has 2 unspecified atom stereocenters. The van der Waals surface area contributed by atoms with Crippen LogP contribution in [0.25, 0.3) is 12.2 Å². The van der Waals surface area contributed by atoms with E-state index in [1.165, 1.54) is 22.3 Å². The average molecular weight is 403 g/mol. The van der Waals surface area contributed by atoms with E-state index in [9.17, 15) is 0 Å². The Labute approximate surface area is 156 Å². The summed E-state index contributed by atoms with van der Waals surface area (Å²) in [6, 6.07) is 17.2. The van der Waals surface area contributed by atoms with E-state index in [1.807, 2.05) is 7.63 Å². The number of fused-ring (bicyclic) bond motifs is 2. The van der Waals surface area contributed by atoms with E-state index in [0.717, 1.165) is 0 Å². The second-order valence-corrected chi connectivity index (χ2v) is 30.8. The van der Waals surface area contributed by atoms with E-state index in [1.54, 1.807) is 0 Å². The molecule has 2 aromatic carbocycles. The van der Waals surface area contributed by atoms with E-state index < -0.39 is 13.4 Å². The fraction of sp³-hybridized carbons (Fsp3) is 0.238. The molecule has 2 aromatic rings. The number of hydrogen-bond acceptors (Lipinski definition) is 1. The first kappa shape index (κ1) is 17.5. The van der Waals surface area contributed by atoms with Gasteiger partial charge >= 0.3 is 157 Å². The number of rotatable bonds is 4. The molecular formula is C21H23ClOSiTi. The van der Waals surface area contributed by atoms with E-state index >= 15 is 0 Å². The SMILES string of the molecule is [CH3][Ti]([CH3])(=[SiH2])([Cl])[O]C(C1C=Cc2ccccc21)C1C=Cc2ccccc21. The second-order valence-electron chi connectivity index (χ2n) is 7.96. The summed E-state index contributed by atoms with van der Waals surface area (Å²) in [6.07, 6.45) is 9.06. The van der Waals surface area contributed by atoms with Crippen molar-refractivity contribution in [3.63, 3.8) is 0 Å². The van der Waals surface area contributed by atoms with Crippen LogP contribution in [-0.4, -0.2) is 13.7 Å². The van der Waals surface area contributed by atoms with Gasteiger partial charge in [0.25, 0.3) is 0 Å². The molecule has 2 aliphatic carbocycles. The van der Waals surface area contributed by atoms with Crippen molar-refractivity contribution >= 4 is 29.1 Å². The quantitative estimate of drug-likeness (QED) is 0.622. The van der Waals surface area contributed by atoms with Gasteiger partial charge in [-0.1, -0.05) is 0 Å². The van der Waals surface area contributed by atoms with E-state index in [-0.39, 0.29) is 17.9 Å². The Kier molecular flexibility index (Phi) is 4.25. The third-order valence-electron chi connectivity index (χ3n) is 4.88. The number of halogens is 1. The summed E-state index contributed by atoms with van der Waals surface area (Å²) < 4.78 is 6.77. The average Bonchev–Trinajstić information content (AvgIpc) is 3.16. The van der Waals surface area contributed by atoms with Gasteiger partial charge in [-0.3, -0.25) is 0 Å². The zero-order valence-electron chi connectivity index (χ0n) is 14.7. The molecule has 0 N–H and O–H groups in total. The van der Waals surface area contributed by atoms with Gasteiger partial charge in [0.1, 0.15) is 0 Å². The van der Waals surface area contributed by atoms with E-state index in [4.69, 9.17) is 12.6 Å². The van der Waals surface area contributed by atoms with Gasteiger partial charge in [-0.15, -0.1) is 0 Å². The van der Waals surface area contributed by atoms with Crippen molar-refractivity contribution in [3.8, 4) is 0 Å². The molecule has 2 atom stereocenters. The fourth-order valence-corrected chi connectivity index (χ4v) is 6.90. The summed E-state index contributed by atoms with van der Waals surface area (Å²) in [7, 11) is 8.81. The third kappa shape index (κ3) is 3.65. The van der Waals surface area contributed by atoms with Crippen molar-refractivity contribution in [3.05, 3.63) is 82.9 Å². The first-order valence-electron chi connectivity index (χ1n) is 8.79. The van der Waals surface area contributed by atoms with Crippen LogP contribution in [-0.2, 0) is 16.7 Å². The molecule has 0 spiro atoms. The summed E-state index contributed by atoms with van der Waals surface area (Å²) >= 11 is -3.35. The van der Waals surface area contributed by atoms with Crippen molar-refractivity contribution in [2.75, 3.05) is 0 Å². The monoisotopic (exact) mass is 402 g/mol. The Morgan fingerprint density at radius 1 is 0.880 bits per heavy atom. The van der Waals surface area contributed by atoms with Gasteiger partial charge in [0, 0.05) is 0 Å². The third-order valence-corrected chi connectivity index (χ3v) is 7.50. The van der Waals surface area contributed by atoms with Crippen LogP contribution in [0.1, 0.15) is 34.1 Å². The molecule has 0 heterocycles. The van der Waals surface area contributed by atoms with Gasteiger partial charge in [0.2, 0.25) is 0 Å². The van der Waals surface area contributed by atoms with Crippen LogP contribution >= 0.6 is 9.30 Å². The summed E-state index contributed by atoms with van der Waals surface area (Å²) in [6.45, 7) is 0. The second kappa shape index (κ2) is 6.07. The molecule has 0 aromatic heterocycles. The zero-order chi connectivity index (χ0) is 17.7. The Morgan fingerprint density at radius 2 is 1.32 bits per heavy atom. The van der Waals surface area contributed by atoms with E-state index in [0.29, 0.717) is 0 Å². The Morgan fingerprint density at radius 3 is 1.76 bits per heavy atom. The minimum absolute atomic E-state index is 0.0294. The molecule has 4 rings (SSSR count). The summed E-state index contributed by atoms with van der Waals surface area (Å²) in [5.41, 5.74) is 5.29. The molecular weight excluding hydrogens is 380 g/mol. The molecule has 0 saturated carbocycles. The van der Waals surface area contributed by atoms with Gasteiger partial charge in [0.05, 0.1) is 0 Å². The summed E-state index contributed by atoms with van der Waals surface area (Å²) in [5, 5.41) is 4.28. The van der Waals surface area contributed by atoms with Gasteiger partial charge in [-0.2, -0.15) is 0 Å². The standard InChI is InChI=1S/C19H15O.2CH3.ClH.H2Si.Ti/c20-19(17-11-9-13-5-1-3-7-15(13)17)18-12-10-14-6-2-4-8-16(14)18;;;;;/h1-12,17-19H;2*1H3;1H;1H2;/q-1;;;;;+2/p-1. The molecule has 0 bridgehead atoms. The molecule has 25 heavy (non-hydrogen) atoms. The molecule has 0 radical (unpaired) electrons. The van der Waals surface area contributed by atoms with Crippen molar-refractivity contribution in [1.29, 1.82) is 0 Å². The van der Waals surface area contributed by atoms with Gasteiger partial charge < -0.3 is 0 Å². The Bertz CT molecular complexity index is 883. The predicted octanol–water partition coefficient (Wildman–Crippen LogP) is 5.40. The van der Waals surface area contributed by atoms with E-state index in [2.05, 4.69) is 83.3 Å². The van der Waals surface area contributed by atoms with Crippen LogP contribution in [0.2, 0.25) is 10.5 Å². The van der Waals surface area contributed by atoms with Crippen molar-refractivity contribution in [2.45, 2.75) is 28.4 Å². The predicted molar refractivity (Wildman–Crippen MR) is 107 cm³/mol. The van der Waals surface area contributed by atoms with Crippen LogP contribution < -0.4 is 0 Å². The maximum absolute atomic E-state index is 6.93. The zero-order valence-corrected chi connectivity index (χ0v) is 18.4. The molecule has 0 aliphatic heterocycles. The molecule has 2 aliphatic rings. The van der Waals surface area contributed by atoms with Gasteiger partial charge in [-0.25, -0.2) is 0 Å². The van der Waals surface area contributed by atoms with Crippen molar-refractivity contribution < 1.29 is 16.7 Å². The van der Waals surface area contributed by atoms with Crippen LogP contribution in [0, 0.1) is 0 Å². The van der Waals surface area contributed by atoms with Crippen molar-refractivity contribution in [2.24, 2.45) is 0 Å². The molecule has 1 nitrogen and oxygen atoms in total. The van der Waals surface area contributed by atoms with Gasteiger partial charge in [-0.05, 0) is 0 Å². The topological polar surface area (TPSA) is 9.23 Å². The van der Waals surface area contributed by atoms with Crippen LogP contribution in [0.3, 0.4) is 0 Å². The fourth-order valence-electron chi connectivity index (χ4n) is 3.92. The number of hydrogen-bond donors (Lipinski definition) is 0. The number of benzene rings is 2. The molecule has 0 fully saturated rings. The first-order valence-corrected chi connectivity index (χ1v) is 18.7. The first-order chi connectivity index (χ1) is 11.8. The van der Waals surface area contributed by atoms with Gasteiger partial charge in [0.15, 0.2) is 0 Å². The Hall–Kier alpha value is -0.899. The summed E-state index contributed by atoms with van der Waals surface area (Å²) in [4.78, 5) is 0. The Balaban J connectivity index is 1.79. The summed E-state index contributed by atoms with van der Waals surface area (Å²) in [5.74, 6) is 0.479. The normalized spacial score (nSPS) is 22.7. The maximum atomic E-state index is 6.93. The molecule has 4 heteroatoms. The molecule has 0 amide bonds. The van der Waals surface area contributed by atoms with Crippen LogP contribution in [0.15, 0.2) is 60.7 Å². The van der Waals surface area contributed by atoms with Crippen LogP contribution in [0.5, 0.6) is 0 Å². The van der Waals surface area contributed by atoms with Crippen LogP contribution in [0.4, 0.5) is 0 Å². The molecule has 0 saturated heterocycles. The van der Waals surface area contributed by atoms with Crippen molar-refractivity contribution in [1.82, 2.24) is 0 Å². The minimum atomic E-state index is -3.35. The molecule has 128 valence electrons.